The number of aromatic nitrogens is 3. The van der Waals surface area contributed by atoms with E-state index in [0.29, 0.717) is 16.0 Å². The maximum atomic E-state index is 13.0. The van der Waals surface area contributed by atoms with Gasteiger partial charge in [0, 0.05) is 19.7 Å². The SMILES string of the molecule is CN(Cc1nc(-c2ccc(C(C)(C)C)cc2)no1)S(=O)(=O)c1ccc2c(c1)sc(=O)n2C. The lowest BCUT2D eigenvalue weighted by Gasteiger charge is -2.18. The summed E-state index contributed by atoms with van der Waals surface area (Å²) < 4.78 is 34.6. The van der Waals surface area contributed by atoms with Crippen molar-refractivity contribution in [3.8, 4) is 11.4 Å². The van der Waals surface area contributed by atoms with Crippen LogP contribution in [0.15, 0.2) is 56.7 Å². The molecule has 2 aromatic heterocycles. The second kappa shape index (κ2) is 7.95. The van der Waals surface area contributed by atoms with Gasteiger partial charge in [0.25, 0.3) is 0 Å². The molecule has 0 bridgehead atoms. The van der Waals surface area contributed by atoms with E-state index in [1.165, 1.54) is 29.3 Å². The van der Waals surface area contributed by atoms with Gasteiger partial charge in [-0.3, -0.25) is 4.79 Å². The van der Waals surface area contributed by atoms with Gasteiger partial charge in [-0.1, -0.05) is 61.5 Å². The molecule has 0 saturated heterocycles. The van der Waals surface area contributed by atoms with Gasteiger partial charge in [0.05, 0.1) is 21.7 Å². The van der Waals surface area contributed by atoms with Crippen molar-refractivity contribution >= 4 is 31.6 Å². The highest BCUT2D eigenvalue weighted by molar-refractivity contribution is 7.89. The molecule has 0 amide bonds. The molecule has 2 heterocycles. The number of hydrogen-bond acceptors (Lipinski definition) is 7. The number of hydrogen-bond donors (Lipinski definition) is 0. The number of benzene rings is 2. The fourth-order valence-electron chi connectivity index (χ4n) is 3.29. The smallest absolute Gasteiger partial charge is 0.307 e. The van der Waals surface area contributed by atoms with Crippen molar-refractivity contribution < 1.29 is 12.9 Å². The van der Waals surface area contributed by atoms with E-state index in [1.54, 1.807) is 13.1 Å². The van der Waals surface area contributed by atoms with Gasteiger partial charge >= 0.3 is 4.87 Å². The number of rotatable bonds is 5. The highest BCUT2D eigenvalue weighted by Crippen LogP contribution is 2.26. The van der Waals surface area contributed by atoms with Crippen molar-refractivity contribution in [3.05, 3.63) is 63.6 Å². The van der Waals surface area contributed by atoms with E-state index < -0.39 is 10.0 Å². The van der Waals surface area contributed by atoms with Crippen molar-refractivity contribution in [2.24, 2.45) is 7.05 Å². The summed E-state index contributed by atoms with van der Waals surface area (Å²) in [6, 6.07) is 12.6. The molecule has 0 aliphatic carbocycles. The third-order valence-electron chi connectivity index (χ3n) is 5.31. The monoisotopic (exact) mass is 472 g/mol. The summed E-state index contributed by atoms with van der Waals surface area (Å²) in [6.07, 6.45) is 0. The van der Waals surface area contributed by atoms with Crippen LogP contribution in [0, 0.1) is 0 Å². The van der Waals surface area contributed by atoms with Crippen molar-refractivity contribution in [1.82, 2.24) is 19.0 Å². The number of aryl methyl sites for hydroxylation is 1. The quantitative estimate of drug-likeness (QED) is 0.439. The Morgan fingerprint density at radius 2 is 1.81 bits per heavy atom. The Bertz CT molecular complexity index is 1440. The van der Waals surface area contributed by atoms with Crippen LogP contribution in [-0.4, -0.2) is 34.5 Å². The van der Waals surface area contributed by atoms with Crippen molar-refractivity contribution in [2.75, 3.05) is 7.05 Å². The van der Waals surface area contributed by atoms with Crippen LogP contribution in [0.5, 0.6) is 0 Å². The molecule has 8 nitrogen and oxygen atoms in total. The first-order valence-corrected chi connectivity index (χ1v) is 12.2. The number of thiazole rings is 1. The van der Waals surface area contributed by atoms with Crippen LogP contribution >= 0.6 is 11.3 Å². The van der Waals surface area contributed by atoms with Crippen molar-refractivity contribution in [2.45, 2.75) is 37.6 Å². The summed E-state index contributed by atoms with van der Waals surface area (Å²) in [4.78, 5) is 16.2. The van der Waals surface area contributed by atoms with Crippen LogP contribution in [0.1, 0.15) is 32.2 Å². The zero-order valence-corrected chi connectivity index (χ0v) is 20.1. The maximum absolute atomic E-state index is 13.0. The average Bonchev–Trinajstić information content (AvgIpc) is 3.31. The molecule has 0 atom stereocenters. The Labute approximate surface area is 190 Å². The van der Waals surface area contributed by atoms with Gasteiger partial charge in [-0.05, 0) is 29.2 Å². The third-order valence-corrected chi connectivity index (χ3v) is 8.10. The molecule has 0 aliphatic heterocycles. The van der Waals surface area contributed by atoms with E-state index in [1.807, 2.05) is 24.3 Å². The van der Waals surface area contributed by atoms with Gasteiger partial charge in [0.15, 0.2) is 0 Å². The van der Waals surface area contributed by atoms with Crippen LogP contribution in [0.25, 0.3) is 21.6 Å². The fourth-order valence-corrected chi connectivity index (χ4v) is 5.43. The minimum absolute atomic E-state index is 0.0385. The lowest BCUT2D eigenvalue weighted by Crippen LogP contribution is -2.26. The largest absolute Gasteiger partial charge is 0.338 e. The van der Waals surface area contributed by atoms with Gasteiger partial charge < -0.3 is 9.09 Å². The van der Waals surface area contributed by atoms with Crippen LogP contribution in [0.4, 0.5) is 0 Å². The molecule has 0 unspecified atom stereocenters. The zero-order chi connectivity index (χ0) is 23.3. The molecular weight excluding hydrogens is 448 g/mol. The minimum Gasteiger partial charge on any atom is -0.338 e. The van der Waals surface area contributed by atoms with E-state index in [9.17, 15) is 13.2 Å². The molecular formula is C22H24N4O4S2. The molecule has 0 fully saturated rings. The standard InChI is InChI=1S/C22H24N4O4S2/c1-22(2,3)15-8-6-14(7-9-15)20-23-19(30-24-20)13-25(4)32(28,29)16-10-11-17-18(12-16)31-21(27)26(17)5/h6-12H,13H2,1-5H3. The molecule has 2 aromatic carbocycles. The summed E-state index contributed by atoms with van der Waals surface area (Å²) in [6.45, 7) is 6.35. The highest BCUT2D eigenvalue weighted by Gasteiger charge is 2.24. The summed E-state index contributed by atoms with van der Waals surface area (Å²) >= 11 is 1.01. The molecule has 0 spiro atoms. The molecule has 0 N–H and O–H groups in total. The van der Waals surface area contributed by atoms with Gasteiger partial charge in [0.2, 0.25) is 21.7 Å². The molecule has 32 heavy (non-hydrogen) atoms. The van der Waals surface area contributed by atoms with E-state index in [0.717, 1.165) is 21.2 Å². The average molecular weight is 473 g/mol. The number of sulfonamides is 1. The van der Waals surface area contributed by atoms with Gasteiger partial charge in [-0.25, -0.2) is 8.42 Å². The Kier molecular flexibility index (Phi) is 5.56. The first kappa shape index (κ1) is 22.4. The van der Waals surface area contributed by atoms with Crippen molar-refractivity contribution in [1.29, 1.82) is 0 Å². The van der Waals surface area contributed by atoms with Crippen LogP contribution < -0.4 is 4.87 Å². The Morgan fingerprint density at radius 3 is 2.47 bits per heavy atom. The maximum Gasteiger partial charge on any atom is 0.307 e. The van der Waals surface area contributed by atoms with Gasteiger partial charge in [-0.15, -0.1) is 0 Å². The Morgan fingerprint density at radius 1 is 1.12 bits per heavy atom. The Balaban J connectivity index is 1.54. The van der Waals surface area contributed by atoms with E-state index in [-0.39, 0.29) is 27.6 Å². The van der Waals surface area contributed by atoms with Gasteiger partial charge in [0.1, 0.15) is 0 Å². The predicted octanol–water partition coefficient (Wildman–Crippen LogP) is 3.77. The molecule has 0 aliphatic rings. The van der Waals surface area contributed by atoms with Crippen LogP contribution in [0.3, 0.4) is 0 Å². The molecule has 4 rings (SSSR count). The Hall–Kier alpha value is -2.82. The highest BCUT2D eigenvalue weighted by atomic mass is 32.2. The summed E-state index contributed by atoms with van der Waals surface area (Å²) in [7, 11) is -0.697. The second-order valence-electron chi connectivity index (χ2n) is 8.66. The normalized spacial score (nSPS) is 12.7. The molecule has 10 heteroatoms. The third kappa shape index (κ3) is 4.13. The molecule has 4 aromatic rings. The van der Waals surface area contributed by atoms with Crippen molar-refractivity contribution in [3.63, 3.8) is 0 Å². The lowest BCUT2D eigenvalue weighted by atomic mass is 9.87. The summed E-state index contributed by atoms with van der Waals surface area (Å²) in [5.74, 6) is 0.596. The van der Waals surface area contributed by atoms with E-state index >= 15 is 0 Å². The first-order chi connectivity index (χ1) is 15.0. The topological polar surface area (TPSA) is 98.3 Å². The minimum atomic E-state index is -3.81. The number of nitrogens with zero attached hydrogens (tertiary/aromatic N) is 4. The summed E-state index contributed by atoms with van der Waals surface area (Å²) in [5, 5.41) is 4.00. The predicted molar refractivity (Wildman–Crippen MR) is 124 cm³/mol. The van der Waals surface area contributed by atoms with Gasteiger partial charge in [-0.2, -0.15) is 9.29 Å². The zero-order valence-electron chi connectivity index (χ0n) is 18.5. The second-order valence-corrected chi connectivity index (χ2v) is 11.7. The summed E-state index contributed by atoms with van der Waals surface area (Å²) in [5.41, 5.74) is 2.72. The lowest BCUT2D eigenvalue weighted by molar-refractivity contribution is 0.337. The molecule has 0 radical (unpaired) electrons. The molecule has 0 saturated carbocycles. The fraction of sp³-hybridized carbons (Fsp3) is 0.318. The first-order valence-electron chi connectivity index (χ1n) is 9.96. The van der Waals surface area contributed by atoms with E-state index in [2.05, 4.69) is 30.9 Å². The molecule has 168 valence electrons. The van der Waals surface area contributed by atoms with E-state index in [4.69, 9.17) is 4.52 Å². The van der Waals surface area contributed by atoms with Crippen LogP contribution in [-0.2, 0) is 29.0 Å². The van der Waals surface area contributed by atoms with Crippen LogP contribution in [0.2, 0.25) is 0 Å². The number of fused-ring (bicyclic) bond motifs is 1.